The van der Waals surface area contributed by atoms with Crippen LogP contribution in [-0.4, -0.2) is 37.2 Å². The smallest absolute Gasteiger partial charge is 0.306 e. The highest BCUT2D eigenvalue weighted by atomic mass is 16.6. The van der Waals surface area contributed by atoms with Gasteiger partial charge in [-0.1, -0.05) is 239 Å². The number of esters is 3. The second-order valence-corrected chi connectivity index (χ2v) is 19.5. The van der Waals surface area contributed by atoms with Crippen LogP contribution in [-0.2, 0) is 28.6 Å². The highest BCUT2D eigenvalue weighted by molar-refractivity contribution is 5.71. The molecule has 0 aromatic heterocycles. The highest BCUT2D eigenvalue weighted by Gasteiger charge is 2.19. The Morgan fingerprint density at radius 3 is 0.904 bits per heavy atom. The highest BCUT2D eigenvalue weighted by Crippen LogP contribution is 2.14. The number of carbonyl (C=O) groups excluding carboxylic acids is 3. The predicted octanol–water partition coefficient (Wildman–Crippen LogP) is 20.4. The fourth-order valence-corrected chi connectivity index (χ4v) is 7.90. The maximum absolute atomic E-state index is 12.9. The lowest BCUT2D eigenvalue weighted by Gasteiger charge is -2.18. The summed E-state index contributed by atoms with van der Waals surface area (Å²) in [6.07, 6.45) is 83.4. The van der Waals surface area contributed by atoms with Crippen LogP contribution in [0.4, 0.5) is 0 Å². The number of hydrogen-bond donors (Lipinski definition) is 0. The van der Waals surface area contributed by atoms with Crippen molar-refractivity contribution in [3.8, 4) is 0 Å². The number of allylic oxidation sites excluding steroid dienone is 20. The Balaban J connectivity index is 4.41. The van der Waals surface area contributed by atoms with Gasteiger partial charge in [-0.3, -0.25) is 14.4 Å². The average molecular weight is 1010 g/mol. The Labute approximate surface area is 450 Å². The number of rotatable bonds is 53. The third kappa shape index (κ3) is 58.6. The fourth-order valence-electron chi connectivity index (χ4n) is 7.90. The largest absolute Gasteiger partial charge is 0.462 e. The molecule has 0 bridgehead atoms. The molecule has 0 amide bonds. The summed E-state index contributed by atoms with van der Waals surface area (Å²) in [6, 6.07) is 0. The van der Waals surface area contributed by atoms with Crippen LogP contribution in [0.1, 0.15) is 265 Å². The van der Waals surface area contributed by atoms with Crippen molar-refractivity contribution in [1.29, 1.82) is 0 Å². The van der Waals surface area contributed by atoms with Gasteiger partial charge in [0.15, 0.2) is 6.10 Å². The first-order valence-electron chi connectivity index (χ1n) is 30.0. The monoisotopic (exact) mass is 1010 g/mol. The van der Waals surface area contributed by atoms with Crippen LogP contribution in [0, 0.1) is 0 Å². The Bertz CT molecular complexity index is 1540. The van der Waals surface area contributed by atoms with E-state index in [4.69, 9.17) is 14.2 Å². The van der Waals surface area contributed by atoms with Gasteiger partial charge in [0, 0.05) is 19.3 Å². The zero-order chi connectivity index (χ0) is 52.9. The SMILES string of the molecule is CC/C=C\C/C=C\C/C=C\C/C=C\C/C=C\C/C=C\C/C=C\CCCCCC(=O)OCC(COC(=O)CCCCCCC/C=C\CCCC)OC(=O)CCCCCCCCCCC/C=C\C/C=C\CCCCC. The summed E-state index contributed by atoms with van der Waals surface area (Å²) >= 11 is 0. The van der Waals surface area contributed by atoms with Crippen LogP contribution in [0.15, 0.2) is 122 Å². The lowest BCUT2D eigenvalue weighted by molar-refractivity contribution is -0.167. The molecule has 414 valence electrons. The van der Waals surface area contributed by atoms with E-state index < -0.39 is 6.10 Å². The number of unbranched alkanes of at least 4 members (excludes halogenated alkanes) is 22. The summed E-state index contributed by atoms with van der Waals surface area (Å²) in [4.78, 5) is 38.2. The molecule has 0 rings (SSSR count). The minimum atomic E-state index is -0.801. The molecular formula is C67H110O6. The first kappa shape index (κ1) is 68.8. The van der Waals surface area contributed by atoms with Gasteiger partial charge in [0.25, 0.3) is 0 Å². The van der Waals surface area contributed by atoms with Crippen molar-refractivity contribution in [2.75, 3.05) is 13.2 Å². The van der Waals surface area contributed by atoms with Crippen molar-refractivity contribution in [2.24, 2.45) is 0 Å². The Kier molecular flexibility index (Phi) is 56.9. The van der Waals surface area contributed by atoms with Crippen molar-refractivity contribution in [2.45, 2.75) is 271 Å². The molecule has 0 aliphatic heterocycles. The molecule has 0 saturated heterocycles. The van der Waals surface area contributed by atoms with Gasteiger partial charge in [0.1, 0.15) is 13.2 Å². The van der Waals surface area contributed by atoms with Crippen molar-refractivity contribution in [3.63, 3.8) is 0 Å². The van der Waals surface area contributed by atoms with Crippen molar-refractivity contribution >= 4 is 17.9 Å². The van der Waals surface area contributed by atoms with Crippen molar-refractivity contribution < 1.29 is 28.6 Å². The molecule has 0 N–H and O–H groups in total. The van der Waals surface area contributed by atoms with Crippen LogP contribution < -0.4 is 0 Å². The molecule has 0 radical (unpaired) electrons. The molecule has 0 aromatic carbocycles. The lowest BCUT2D eigenvalue weighted by atomic mass is 10.1. The first-order valence-corrected chi connectivity index (χ1v) is 30.0. The molecule has 0 saturated carbocycles. The zero-order valence-corrected chi connectivity index (χ0v) is 47.4. The van der Waals surface area contributed by atoms with Crippen LogP contribution in [0.5, 0.6) is 0 Å². The van der Waals surface area contributed by atoms with Gasteiger partial charge < -0.3 is 14.2 Å². The van der Waals surface area contributed by atoms with E-state index in [2.05, 4.69) is 142 Å². The maximum Gasteiger partial charge on any atom is 0.306 e. The summed E-state index contributed by atoms with van der Waals surface area (Å²) in [5.41, 5.74) is 0. The second kappa shape index (κ2) is 60.4. The molecule has 0 aliphatic carbocycles. The molecule has 0 spiro atoms. The van der Waals surface area contributed by atoms with Gasteiger partial charge >= 0.3 is 17.9 Å². The van der Waals surface area contributed by atoms with E-state index in [1.165, 1.54) is 96.3 Å². The standard InChI is InChI=1S/C67H110O6/c1-4-7-10-13-16-19-22-24-26-28-30-31-32-33-34-35-37-38-40-42-45-48-51-54-57-60-66(69)72-63-64(62-71-65(68)59-56-53-50-47-44-21-18-15-12-9-6-3)73-67(70)61-58-55-52-49-46-43-41-39-36-29-27-25-23-20-17-14-11-8-5-2/h7,10,15-20,24-27,30-31,33-34,37-38,42,45,64H,4-6,8-9,11-14,21-23,28-29,32,35-36,39-41,43-44,46-63H2,1-3H3/b10-7-,18-15-,19-16-,20-17-,26-24-,27-25-,31-30-,34-33-,38-37-,45-42-. The van der Waals surface area contributed by atoms with Crippen molar-refractivity contribution in [3.05, 3.63) is 122 Å². The molecular weight excluding hydrogens is 901 g/mol. The minimum Gasteiger partial charge on any atom is -0.462 e. The van der Waals surface area contributed by atoms with Crippen LogP contribution in [0.2, 0.25) is 0 Å². The molecule has 73 heavy (non-hydrogen) atoms. The van der Waals surface area contributed by atoms with Gasteiger partial charge in [0.05, 0.1) is 0 Å². The van der Waals surface area contributed by atoms with E-state index in [1.807, 2.05) is 0 Å². The molecule has 0 heterocycles. The molecule has 1 atom stereocenters. The third-order valence-corrected chi connectivity index (χ3v) is 12.4. The average Bonchev–Trinajstić information content (AvgIpc) is 3.39. The quantitative estimate of drug-likeness (QED) is 0.0261. The molecule has 6 heteroatoms. The Morgan fingerprint density at radius 1 is 0.288 bits per heavy atom. The Morgan fingerprint density at radius 2 is 0.548 bits per heavy atom. The fraction of sp³-hybridized carbons (Fsp3) is 0.657. The summed E-state index contributed by atoms with van der Waals surface area (Å²) in [5, 5.41) is 0. The van der Waals surface area contributed by atoms with E-state index in [9.17, 15) is 14.4 Å². The molecule has 0 aromatic rings. The van der Waals surface area contributed by atoms with Crippen LogP contribution >= 0.6 is 0 Å². The van der Waals surface area contributed by atoms with E-state index in [0.29, 0.717) is 19.3 Å². The number of ether oxygens (including phenoxy) is 3. The minimum absolute atomic E-state index is 0.0973. The van der Waals surface area contributed by atoms with Gasteiger partial charge in [-0.2, -0.15) is 0 Å². The zero-order valence-electron chi connectivity index (χ0n) is 47.4. The normalized spacial score (nSPS) is 13.0. The summed E-state index contributed by atoms with van der Waals surface area (Å²) in [7, 11) is 0. The van der Waals surface area contributed by atoms with E-state index in [-0.39, 0.29) is 31.1 Å². The first-order chi connectivity index (χ1) is 36.0. The van der Waals surface area contributed by atoms with Crippen molar-refractivity contribution in [1.82, 2.24) is 0 Å². The Hall–Kier alpha value is -4.19. The molecule has 1 unspecified atom stereocenters. The lowest BCUT2D eigenvalue weighted by Crippen LogP contribution is -2.30. The summed E-state index contributed by atoms with van der Waals surface area (Å²) in [5.74, 6) is -0.945. The van der Waals surface area contributed by atoms with E-state index >= 15 is 0 Å². The van der Waals surface area contributed by atoms with Crippen LogP contribution in [0.3, 0.4) is 0 Å². The van der Waals surface area contributed by atoms with E-state index in [1.54, 1.807) is 0 Å². The van der Waals surface area contributed by atoms with Gasteiger partial charge in [-0.25, -0.2) is 0 Å². The third-order valence-electron chi connectivity index (χ3n) is 12.4. The topological polar surface area (TPSA) is 78.9 Å². The molecule has 0 fully saturated rings. The molecule has 0 aliphatic rings. The predicted molar refractivity (Wildman–Crippen MR) is 316 cm³/mol. The van der Waals surface area contributed by atoms with Gasteiger partial charge in [0.2, 0.25) is 0 Å². The van der Waals surface area contributed by atoms with Gasteiger partial charge in [-0.05, 0) is 128 Å². The van der Waals surface area contributed by atoms with Gasteiger partial charge in [-0.15, -0.1) is 0 Å². The van der Waals surface area contributed by atoms with E-state index in [0.717, 1.165) is 128 Å². The molecule has 6 nitrogen and oxygen atoms in total. The maximum atomic E-state index is 12.9. The summed E-state index contributed by atoms with van der Waals surface area (Å²) < 4.78 is 16.8. The number of hydrogen-bond acceptors (Lipinski definition) is 6. The second-order valence-electron chi connectivity index (χ2n) is 19.5. The number of carbonyl (C=O) groups is 3. The van der Waals surface area contributed by atoms with Crippen LogP contribution in [0.25, 0.3) is 0 Å². The summed E-state index contributed by atoms with van der Waals surface area (Å²) in [6.45, 7) is 6.42.